The molecule has 0 aromatic heterocycles. The molecular formula is C15H9Cl2NO3. The van der Waals surface area contributed by atoms with Crippen LogP contribution < -0.4 is 4.90 Å². The van der Waals surface area contributed by atoms with Crippen molar-refractivity contribution in [1.29, 1.82) is 0 Å². The molecule has 0 radical (unpaired) electrons. The van der Waals surface area contributed by atoms with Crippen molar-refractivity contribution in [2.24, 2.45) is 0 Å². The van der Waals surface area contributed by atoms with Crippen LogP contribution in [0.15, 0.2) is 48.5 Å². The minimum absolute atomic E-state index is 0.293. The molecule has 1 atom stereocenters. The highest BCUT2D eigenvalue weighted by Gasteiger charge is 2.42. The minimum Gasteiger partial charge on any atom is -0.430 e. The van der Waals surface area contributed by atoms with Crippen LogP contribution in [0.1, 0.15) is 11.7 Å². The fraction of sp³-hybridized carbons (Fsp3) is 0.0667. The fourth-order valence-electron chi connectivity index (χ4n) is 2.15. The number of hydrogen-bond acceptors (Lipinski definition) is 3. The highest BCUT2D eigenvalue weighted by atomic mass is 35.5. The van der Waals surface area contributed by atoms with E-state index in [-0.39, 0.29) is 0 Å². The molecule has 0 saturated carbocycles. The van der Waals surface area contributed by atoms with Gasteiger partial charge >= 0.3 is 6.09 Å². The zero-order valence-corrected chi connectivity index (χ0v) is 12.1. The van der Waals surface area contributed by atoms with Gasteiger partial charge in [0.15, 0.2) is 0 Å². The van der Waals surface area contributed by atoms with Crippen LogP contribution in [0.2, 0.25) is 10.0 Å². The van der Waals surface area contributed by atoms with Gasteiger partial charge in [-0.3, -0.25) is 4.79 Å². The van der Waals surface area contributed by atoms with Gasteiger partial charge in [0, 0.05) is 15.6 Å². The molecule has 6 heteroatoms. The molecule has 1 fully saturated rings. The first-order valence-corrected chi connectivity index (χ1v) is 6.87. The van der Waals surface area contributed by atoms with Crippen molar-refractivity contribution in [3.8, 4) is 0 Å². The van der Waals surface area contributed by atoms with Gasteiger partial charge in [-0.05, 0) is 18.2 Å². The average Bonchev–Trinajstić information content (AvgIpc) is 2.74. The molecule has 2 amide bonds. The molecule has 21 heavy (non-hydrogen) atoms. The van der Waals surface area contributed by atoms with Gasteiger partial charge in [0.25, 0.3) is 5.91 Å². The maximum absolute atomic E-state index is 12.4. The van der Waals surface area contributed by atoms with E-state index in [1.807, 2.05) is 6.07 Å². The SMILES string of the molecule is O=C1OC(c2ccccc2)C(=O)N1c1cc(Cl)cc(Cl)c1. The van der Waals surface area contributed by atoms with Crippen LogP contribution in [0.5, 0.6) is 0 Å². The van der Waals surface area contributed by atoms with Crippen molar-refractivity contribution in [3.63, 3.8) is 0 Å². The van der Waals surface area contributed by atoms with E-state index in [9.17, 15) is 9.59 Å². The highest BCUT2D eigenvalue weighted by molar-refractivity contribution is 6.35. The molecule has 1 aliphatic rings. The summed E-state index contributed by atoms with van der Waals surface area (Å²) in [5.41, 5.74) is 0.910. The summed E-state index contributed by atoms with van der Waals surface area (Å²) in [5.74, 6) is -0.468. The molecule has 1 aliphatic heterocycles. The van der Waals surface area contributed by atoms with Gasteiger partial charge in [-0.15, -0.1) is 0 Å². The molecule has 2 aromatic carbocycles. The first-order chi connectivity index (χ1) is 10.1. The third-order valence-corrected chi connectivity index (χ3v) is 3.49. The van der Waals surface area contributed by atoms with E-state index >= 15 is 0 Å². The molecule has 0 spiro atoms. The van der Waals surface area contributed by atoms with E-state index in [1.54, 1.807) is 24.3 Å². The Morgan fingerprint density at radius 2 is 1.57 bits per heavy atom. The maximum Gasteiger partial charge on any atom is 0.422 e. The number of anilines is 1. The van der Waals surface area contributed by atoms with Gasteiger partial charge in [0.2, 0.25) is 6.10 Å². The average molecular weight is 322 g/mol. The number of benzene rings is 2. The Bertz CT molecular complexity index is 698. The van der Waals surface area contributed by atoms with Crippen LogP contribution in [-0.4, -0.2) is 12.0 Å². The van der Waals surface area contributed by atoms with Gasteiger partial charge in [-0.2, -0.15) is 0 Å². The van der Waals surface area contributed by atoms with E-state index in [0.29, 0.717) is 21.3 Å². The number of nitrogens with zero attached hydrogens (tertiary/aromatic N) is 1. The first kappa shape index (κ1) is 13.9. The normalized spacial score (nSPS) is 18.0. The summed E-state index contributed by atoms with van der Waals surface area (Å²) >= 11 is 11.8. The third-order valence-electron chi connectivity index (χ3n) is 3.05. The number of imide groups is 1. The standard InChI is InChI=1S/C15H9Cl2NO3/c16-10-6-11(17)8-12(7-10)18-14(19)13(21-15(18)20)9-4-2-1-3-5-9/h1-8,13H. The van der Waals surface area contributed by atoms with Crippen molar-refractivity contribution in [2.45, 2.75) is 6.10 Å². The molecule has 0 N–H and O–H groups in total. The van der Waals surface area contributed by atoms with E-state index in [0.717, 1.165) is 4.90 Å². The maximum atomic E-state index is 12.4. The summed E-state index contributed by atoms with van der Waals surface area (Å²) in [7, 11) is 0. The summed E-state index contributed by atoms with van der Waals surface area (Å²) in [5, 5.41) is 0.669. The number of hydrogen-bond donors (Lipinski definition) is 0. The van der Waals surface area contributed by atoms with Gasteiger partial charge < -0.3 is 4.74 Å². The van der Waals surface area contributed by atoms with Crippen LogP contribution in [-0.2, 0) is 9.53 Å². The lowest BCUT2D eigenvalue weighted by Crippen LogP contribution is -2.29. The monoisotopic (exact) mass is 321 g/mol. The number of halogens is 2. The van der Waals surface area contributed by atoms with E-state index in [1.165, 1.54) is 18.2 Å². The highest BCUT2D eigenvalue weighted by Crippen LogP contribution is 2.34. The molecule has 1 unspecified atom stereocenters. The van der Waals surface area contributed by atoms with Crippen LogP contribution in [0.25, 0.3) is 0 Å². The quantitative estimate of drug-likeness (QED) is 0.832. The zero-order chi connectivity index (χ0) is 15.0. The molecule has 1 heterocycles. The number of cyclic esters (lactones) is 1. The van der Waals surface area contributed by atoms with E-state index in [4.69, 9.17) is 27.9 Å². The Morgan fingerprint density at radius 3 is 2.19 bits per heavy atom. The lowest BCUT2D eigenvalue weighted by atomic mass is 10.1. The smallest absolute Gasteiger partial charge is 0.422 e. The van der Waals surface area contributed by atoms with Gasteiger partial charge in [-0.1, -0.05) is 53.5 Å². The van der Waals surface area contributed by atoms with Crippen LogP contribution >= 0.6 is 23.2 Å². The van der Waals surface area contributed by atoms with Crippen molar-refractivity contribution >= 4 is 40.9 Å². The Labute approximate surface area is 130 Å². The van der Waals surface area contributed by atoms with E-state index < -0.39 is 18.1 Å². The molecule has 2 aromatic rings. The Balaban J connectivity index is 1.98. The molecule has 0 bridgehead atoms. The Hall–Kier alpha value is -2.04. The van der Waals surface area contributed by atoms with Gasteiger partial charge in [0.05, 0.1) is 5.69 Å². The summed E-state index contributed by atoms with van der Waals surface area (Å²) in [6.45, 7) is 0. The Kier molecular flexibility index (Phi) is 3.57. The first-order valence-electron chi connectivity index (χ1n) is 6.12. The fourth-order valence-corrected chi connectivity index (χ4v) is 2.67. The van der Waals surface area contributed by atoms with Crippen molar-refractivity contribution in [2.75, 3.05) is 4.90 Å². The van der Waals surface area contributed by atoms with Gasteiger partial charge in [0.1, 0.15) is 0 Å². The number of rotatable bonds is 2. The van der Waals surface area contributed by atoms with Crippen LogP contribution in [0.3, 0.4) is 0 Å². The number of carbonyl (C=O) groups is 2. The van der Waals surface area contributed by atoms with Gasteiger partial charge in [-0.25, -0.2) is 9.69 Å². The molecule has 4 nitrogen and oxygen atoms in total. The second kappa shape index (κ2) is 5.39. The summed E-state index contributed by atoms with van der Waals surface area (Å²) < 4.78 is 5.16. The van der Waals surface area contributed by atoms with Crippen molar-refractivity contribution < 1.29 is 14.3 Å². The predicted molar refractivity (Wildman–Crippen MR) is 79.6 cm³/mol. The molecule has 106 valence electrons. The molecular weight excluding hydrogens is 313 g/mol. The van der Waals surface area contributed by atoms with Crippen LogP contribution in [0.4, 0.5) is 10.5 Å². The van der Waals surface area contributed by atoms with E-state index in [2.05, 4.69) is 0 Å². The number of ether oxygens (including phenoxy) is 1. The van der Waals surface area contributed by atoms with Crippen molar-refractivity contribution in [3.05, 3.63) is 64.1 Å². The second-order valence-electron chi connectivity index (χ2n) is 4.48. The molecule has 0 aliphatic carbocycles. The number of amides is 2. The predicted octanol–water partition coefficient (Wildman–Crippen LogP) is 4.22. The molecule has 1 saturated heterocycles. The second-order valence-corrected chi connectivity index (χ2v) is 5.35. The lowest BCUT2D eigenvalue weighted by Gasteiger charge is -2.12. The topological polar surface area (TPSA) is 46.6 Å². The van der Waals surface area contributed by atoms with Crippen molar-refractivity contribution in [1.82, 2.24) is 0 Å². The summed E-state index contributed by atoms with van der Waals surface area (Å²) in [6.07, 6.45) is -1.69. The minimum atomic E-state index is -0.948. The third kappa shape index (κ3) is 2.60. The Morgan fingerprint density at radius 1 is 0.952 bits per heavy atom. The molecule has 3 rings (SSSR count). The number of carbonyl (C=O) groups excluding carboxylic acids is 2. The lowest BCUT2D eigenvalue weighted by molar-refractivity contribution is -0.122. The van der Waals surface area contributed by atoms with Crippen LogP contribution in [0, 0.1) is 0 Å². The zero-order valence-electron chi connectivity index (χ0n) is 10.6. The largest absolute Gasteiger partial charge is 0.430 e. The summed E-state index contributed by atoms with van der Waals surface area (Å²) in [6, 6.07) is 13.3. The summed E-state index contributed by atoms with van der Waals surface area (Å²) in [4.78, 5) is 25.4.